The van der Waals surface area contributed by atoms with E-state index in [0.717, 1.165) is 32.7 Å². The van der Waals surface area contributed by atoms with Crippen molar-refractivity contribution in [3.8, 4) is 0 Å². The maximum Gasteiger partial charge on any atom is 0.209 e. The van der Waals surface area contributed by atoms with Crippen molar-refractivity contribution in [3.63, 3.8) is 0 Å². The van der Waals surface area contributed by atoms with Gasteiger partial charge in [0.25, 0.3) is 0 Å². The van der Waals surface area contributed by atoms with Gasteiger partial charge in [0.2, 0.25) is 6.41 Å². The van der Waals surface area contributed by atoms with Crippen LogP contribution in [0.1, 0.15) is 0 Å². The van der Waals surface area contributed by atoms with E-state index >= 15 is 0 Å². The molecule has 0 saturated carbocycles. The average Bonchev–Trinajstić information content (AvgIpc) is 2.07. The minimum absolute atomic E-state index is 0.750. The van der Waals surface area contributed by atoms with E-state index in [0.29, 0.717) is 0 Å². The van der Waals surface area contributed by atoms with Crippen molar-refractivity contribution >= 4 is 6.41 Å². The Balaban J connectivity index is 0.000000217. The van der Waals surface area contributed by atoms with Crippen LogP contribution in [0.25, 0.3) is 0 Å². The zero-order valence-corrected chi connectivity index (χ0v) is 8.12. The summed E-state index contributed by atoms with van der Waals surface area (Å²) >= 11 is 0. The lowest BCUT2D eigenvalue weighted by Gasteiger charge is -2.21. The number of hydrogen-bond donors (Lipinski definition) is 0. The summed E-state index contributed by atoms with van der Waals surface area (Å²) < 4.78 is 5.10. The second-order valence-corrected chi connectivity index (χ2v) is 2.98. The highest BCUT2D eigenvalue weighted by Crippen LogP contribution is 1.89. The van der Waals surface area contributed by atoms with Gasteiger partial charge in [-0.2, -0.15) is 0 Å². The van der Waals surface area contributed by atoms with Crippen LogP contribution in [0.5, 0.6) is 0 Å². The van der Waals surface area contributed by atoms with Crippen molar-refractivity contribution in [2.24, 2.45) is 0 Å². The third kappa shape index (κ3) is 7.50. The highest BCUT2D eigenvalue weighted by atomic mass is 16.5. The Morgan fingerprint density at radius 3 is 1.92 bits per heavy atom. The second kappa shape index (κ2) is 7.06. The van der Waals surface area contributed by atoms with Crippen molar-refractivity contribution in [1.29, 1.82) is 0 Å². The standard InChI is InChI=1S/C5H11NO.C3H7NO/c1-6-2-4-7-5-3-6;1-4(2)3-5/h2-5H2,1H3;3H,1-2H3. The van der Waals surface area contributed by atoms with Gasteiger partial charge in [-0.05, 0) is 7.05 Å². The zero-order valence-electron chi connectivity index (χ0n) is 8.12. The zero-order chi connectivity index (χ0) is 9.40. The van der Waals surface area contributed by atoms with E-state index in [9.17, 15) is 4.79 Å². The van der Waals surface area contributed by atoms with E-state index in [4.69, 9.17) is 4.74 Å². The monoisotopic (exact) mass is 174 g/mol. The molecule has 72 valence electrons. The maximum absolute atomic E-state index is 9.43. The minimum atomic E-state index is 0.750. The number of rotatable bonds is 1. The first-order valence-corrected chi connectivity index (χ1v) is 4.05. The average molecular weight is 174 g/mol. The molecular formula is C8H18N2O2. The van der Waals surface area contributed by atoms with Crippen molar-refractivity contribution in [3.05, 3.63) is 0 Å². The summed E-state index contributed by atoms with van der Waals surface area (Å²) in [5.74, 6) is 0. The van der Waals surface area contributed by atoms with E-state index < -0.39 is 0 Å². The summed E-state index contributed by atoms with van der Waals surface area (Å²) in [6.07, 6.45) is 0.750. The Bertz CT molecular complexity index is 112. The summed E-state index contributed by atoms with van der Waals surface area (Å²) in [7, 11) is 5.49. The minimum Gasteiger partial charge on any atom is -0.379 e. The largest absolute Gasteiger partial charge is 0.379 e. The molecule has 0 atom stereocenters. The first-order chi connectivity index (χ1) is 5.66. The van der Waals surface area contributed by atoms with Crippen LogP contribution in [-0.4, -0.2) is 63.7 Å². The lowest BCUT2D eigenvalue weighted by atomic mass is 10.5. The predicted molar refractivity (Wildman–Crippen MR) is 48.1 cm³/mol. The van der Waals surface area contributed by atoms with Gasteiger partial charge in [0.15, 0.2) is 0 Å². The molecule has 0 aromatic carbocycles. The highest BCUT2D eigenvalue weighted by molar-refractivity contribution is 5.45. The molecule has 4 heteroatoms. The third-order valence-corrected chi connectivity index (χ3v) is 1.45. The summed E-state index contributed by atoms with van der Waals surface area (Å²) in [5.41, 5.74) is 0. The molecule has 1 saturated heterocycles. The van der Waals surface area contributed by atoms with Crippen LogP contribution in [0.3, 0.4) is 0 Å². The molecule has 0 spiro atoms. The van der Waals surface area contributed by atoms with Crippen LogP contribution in [0, 0.1) is 0 Å². The summed E-state index contributed by atoms with van der Waals surface area (Å²) in [5, 5.41) is 0. The Morgan fingerprint density at radius 2 is 1.75 bits per heavy atom. The molecule has 1 fully saturated rings. The van der Waals surface area contributed by atoms with Crippen LogP contribution in [0.2, 0.25) is 0 Å². The van der Waals surface area contributed by atoms with E-state index in [1.54, 1.807) is 14.1 Å². The summed E-state index contributed by atoms with van der Waals surface area (Å²) in [6.45, 7) is 4.02. The fourth-order valence-corrected chi connectivity index (χ4v) is 0.655. The number of ether oxygens (including phenoxy) is 1. The van der Waals surface area contributed by atoms with Crippen molar-refractivity contribution in [1.82, 2.24) is 9.80 Å². The predicted octanol–water partition coefficient (Wildman–Crippen LogP) is -0.347. The number of carbonyl (C=O) groups is 1. The van der Waals surface area contributed by atoms with Crippen LogP contribution >= 0.6 is 0 Å². The number of carbonyl (C=O) groups excluding carboxylic acids is 1. The van der Waals surface area contributed by atoms with Crippen LogP contribution in [-0.2, 0) is 9.53 Å². The molecular weight excluding hydrogens is 156 g/mol. The lowest BCUT2D eigenvalue weighted by Crippen LogP contribution is -2.32. The molecule has 1 amide bonds. The number of likely N-dealkylation sites (N-methyl/N-ethyl adjacent to an activating group) is 1. The quantitative estimate of drug-likeness (QED) is 0.509. The van der Waals surface area contributed by atoms with E-state index in [-0.39, 0.29) is 0 Å². The van der Waals surface area contributed by atoms with Crippen LogP contribution in [0.15, 0.2) is 0 Å². The van der Waals surface area contributed by atoms with Gasteiger partial charge in [-0.15, -0.1) is 0 Å². The first-order valence-electron chi connectivity index (χ1n) is 4.05. The topological polar surface area (TPSA) is 32.8 Å². The Kier molecular flexibility index (Phi) is 6.70. The summed E-state index contributed by atoms with van der Waals surface area (Å²) in [4.78, 5) is 13.1. The van der Waals surface area contributed by atoms with Gasteiger partial charge in [-0.3, -0.25) is 4.79 Å². The second-order valence-electron chi connectivity index (χ2n) is 2.98. The Labute approximate surface area is 74.1 Å². The van der Waals surface area contributed by atoms with Crippen molar-refractivity contribution in [2.75, 3.05) is 47.4 Å². The van der Waals surface area contributed by atoms with Gasteiger partial charge in [-0.1, -0.05) is 0 Å². The van der Waals surface area contributed by atoms with Gasteiger partial charge in [-0.25, -0.2) is 0 Å². The SMILES string of the molecule is CN(C)C=O.CN1CCOCC1. The van der Waals surface area contributed by atoms with Crippen LogP contribution < -0.4 is 0 Å². The maximum atomic E-state index is 9.43. The first kappa shape index (κ1) is 11.4. The Morgan fingerprint density at radius 1 is 1.33 bits per heavy atom. The lowest BCUT2D eigenvalue weighted by molar-refractivity contribution is -0.115. The van der Waals surface area contributed by atoms with Gasteiger partial charge >= 0.3 is 0 Å². The molecule has 1 rings (SSSR count). The third-order valence-electron chi connectivity index (χ3n) is 1.45. The van der Waals surface area contributed by atoms with Gasteiger partial charge < -0.3 is 14.5 Å². The molecule has 0 aromatic heterocycles. The fourth-order valence-electron chi connectivity index (χ4n) is 0.655. The van der Waals surface area contributed by atoms with Gasteiger partial charge in [0, 0.05) is 27.2 Å². The van der Waals surface area contributed by atoms with Crippen molar-refractivity contribution < 1.29 is 9.53 Å². The highest BCUT2D eigenvalue weighted by Gasteiger charge is 2.02. The fraction of sp³-hybridized carbons (Fsp3) is 0.875. The number of morpholine rings is 1. The molecule has 0 aromatic rings. The summed E-state index contributed by atoms with van der Waals surface area (Å²) in [6, 6.07) is 0. The molecule has 1 aliphatic rings. The molecule has 0 aliphatic carbocycles. The number of amides is 1. The van der Waals surface area contributed by atoms with Gasteiger partial charge in [0.1, 0.15) is 0 Å². The van der Waals surface area contributed by atoms with Gasteiger partial charge in [0.05, 0.1) is 13.2 Å². The smallest absolute Gasteiger partial charge is 0.209 e. The molecule has 0 N–H and O–H groups in total. The molecule has 1 heterocycles. The van der Waals surface area contributed by atoms with E-state index in [1.807, 2.05) is 0 Å². The normalized spacial score (nSPS) is 17.6. The molecule has 1 aliphatic heterocycles. The molecule has 0 radical (unpaired) electrons. The molecule has 0 unspecified atom stereocenters. The number of nitrogens with zero attached hydrogens (tertiary/aromatic N) is 2. The molecule has 0 bridgehead atoms. The van der Waals surface area contributed by atoms with Crippen molar-refractivity contribution in [2.45, 2.75) is 0 Å². The Hall–Kier alpha value is -0.610. The number of hydrogen-bond acceptors (Lipinski definition) is 3. The molecule has 4 nitrogen and oxygen atoms in total. The van der Waals surface area contributed by atoms with Crippen LogP contribution in [0.4, 0.5) is 0 Å². The molecule has 12 heavy (non-hydrogen) atoms. The van der Waals surface area contributed by atoms with E-state index in [2.05, 4.69) is 11.9 Å². The van der Waals surface area contributed by atoms with E-state index in [1.165, 1.54) is 4.90 Å².